The van der Waals surface area contributed by atoms with E-state index in [9.17, 15) is 4.79 Å². The molecule has 0 fully saturated rings. The molecule has 0 radical (unpaired) electrons. The van der Waals surface area contributed by atoms with E-state index in [2.05, 4.69) is 33.0 Å². The number of carbonyl (C=O) groups excluding carboxylic acids is 1. The van der Waals surface area contributed by atoms with Gasteiger partial charge in [0.05, 0.1) is 0 Å². The largest absolute Gasteiger partial charge is 0.483 e. The molecule has 1 aromatic carbocycles. The lowest BCUT2D eigenvalue weighted by Crippen LogP contribution is -2.36. The minimum atomic E-state index is -0.0519. The Kier molecular flexibility index (Phi) is 6.73. The van der Waals surface area contributed by atoms with Crippen LogP contribution in [0, 0.1) is 31.6 Å². The fraction of sp³-hybridized carbons (Fsp3) is 0.611. The van der Waals surface area contributed by atoms with E-state index in [1.807, 2.05) is 32.0 Å². The van der Waals surface area contributed by atoms with Crippen molar-refractivity contribution in [3.63, 3.8) is 0 Å². The van der Waals surface area contributed by atoms with E-state index in [-0.39, 0.29) is 12.5 Å². The molecule has 0 heterocycles. The van der Waals surface area contributed by atoms with Crippen LogP contribution in [0.3, 0.4) is 0 Å². The number of benzene rings is 1. The Labute approximate surface area is 129 Å². The molecule has 118 valence electrons. The molecular weight excluding hydrogens is 262 g/mol. The van der Waals surface area contributed by atoms with Gasteiger partial charge in [-0.3, -0.25) is 4.79 Å². The fourth-order valence-electron chi connectivity index (χ4n) is 2.69. The summed E-state index contributed by atoms with van der Waals surface area (Å²) in [6, 6.07) is 5.98. The smallest absolute Gasteiger partial charge is 0.257 e. The van der Waals surface area contributed by atoms with Gasteiger partial charge < -0.3 is 10.1 Å². The molecule has 0 saturated carbocycles. The number of para-hydroxylation sites is 1. The number of ether oxygens (including phenoxy) is 1. The summed E-state index contributed by atoms with van der Waals surface area (Å²) in [5.41, 5.74) is 2.12. The average Bonchev–Trinajstić information content (AvgIpc) is 2.37. The molecule has 0 aliphatic rings. The zero-order chi connectivity index (χ0) is 16.0. The lowest BCUT2D eigenvalue weighted by Gasteiger charge is -2.25. The number of amides is 1. The lowest BCUT2D eigenvalue weighted by atomic mass is 9.85. The Balaban J connectivity index is 2.48. The number of carbonyl (C=O) groups is 1. The monoisotopic (exact) mass is 291 g/mol. The first-order valence-corrected chi connectivity index (χ1v) is 7.78. The molecule has 1 amide bonds. The first-order valence-electron chi connectivity index (χ1n) is 7.78. The second kappa shape index (κ2) is 8.06. The first-order chi connectivity index (χ1) is 9.82. The van der Waals surface area contributed by atoms with Crippen LogP contribution in [0.25, 0.3) is 0 Å². The molecule has 1 aromatic rings. The maximum absolute atomic E-state index is 12.0. The predicted octanol–water partition coefficient (Wildman–Crippen LogP) is 3.73. The highest BCUT2D eigenvalue weighted by Crippen LogP contribution is 2.22. The Bertz CT molecular complexity index is 438. The van der Waals surface area contributed by atoms with Gasteiger partial charge in [0.2, 0.25) is 0 Å². The maximum Gasteiger partial charge on any atom is 0.257 e. The molecular formula is C18H29NO2. The number of aryl methyl sites for hydroxylation is 2. The van der Waals surface area contributed by atoms with Gasteiger partial charge in [-0.1, -0.05) is 45.9 Å². The van der Waals surface area contributed by atoms with Crippen molar-refractivity contribution < 1.29 is 9.53 Å². The van der Waals surface area contributed by atoms with E-state index < -0.39 is 0 Å². The van der Waals surface area contributed by atoms with Crippen LogP contribution in [0.2, 0.25) is 0 Å². The Morgan fingerprint density at radius 1 is 1.10 bits per heavy atom. The molecule has 0 atom stereocenters. The number of rotatable bonds is 7. The van der Waals surface area contributed by atoms with Gasteiger partial charge in [0.1, 0.15) is 5.75 Å². The van der Waals surface area contributed by atoms with Gasteiger partial charge in [-0.15, -0.1) is 0 Å². The van der Waals surface area contributed by atoms with Gasteiger partial charge in [-0.25, -0.2) is 0 Å². The van der Waals surface area contributed by atoms with E-state index in [0.29, 0.717) is 24.3 Å². The third-order valence-corrected chi connectivity index (χ3v) is 4.00. The molecule has 0 saturated heterocycles. The Morgan fingerprint density at radius 2 is 1.62 bits per heavy atom. The lowest BCUT2D eigenvalue weighted by molar-refractivity contribution is -0.123. The van der Waals surface area contributed by atoms with E-state index >= 15 is 0 Å². The summed E-state index contributed by atoms with van der Waals surface area (Å²) in [5.74, 6) is 2.38. The summed E-state index contributed by atoms with van der Waals surface area (Å²) in [4.78, 5) is 12.0. The highest BCUT2D eigenvalue weighted by Gasteiger charge is 2.18. The average molecular weight is 291 g/mol. The second-order valence-corrected chi connectivity index (χ2v) is 6.47. The SMILES string of the molecule is Cc1cccc(C)c1OCC(=O)NCC(C(C)C)C(C)C. The second-order valence-electron chi connectivity index (χ2n) is 6.47. The van der Waals surface area contributed by atoms with Crippen molar-refractivity contribution in [1.29, 1.82) is 0 Å². The molecule has 0 aliphatic heterocycles. The van der Waals surface area contributed by atoms with Crippen LogP contribution in [0.15, 0.2) is 18.2 Å². The Morgan fingerprint density at radius 3 is 2.10 bits per heavy atom. The van der Waals surface area contributed by atoms with Gasteiger partial charge in [0, 0.05) is 6.54 Å². The summed E-state index contributed by atoms with van der Waals surface area (Å²) in [6.07, 6.45) is 0. The van der Waals surface area contributed by atoms with Gasteiger partial charge in [-0.05, 0) is 42.7 Å². The summed E-state index contributed by atoms with van der Waals surface area (Å²) in [6.45, 7) is 13.6. The van der Waals surface area contributed by atoms with Crippen molar-refractivity contribution in [3.05, 3.63) is 29.3 Å². The van der Waals surface area contributed by atoms with Crippen molar-refractivity contribution in [2.75, 3.05) is 13.2 Å². The van der Waals surface area contributed by atoms with Gasteiger partial charge >= 0.3 is 0 Å². The summed E-state index contributed by atoms with van der Waals surface area (Å²) < 4.78 is 5.67. The van der Waals surface area contributed by atoms with Crippen LogP contribution in [0.4, 0.5) is 0 Å². The molecule has 3 nitrogen and oxygen atoms in total. The third-order valence-electron chi connectivity index (χ3n) is 4.00. The van der Waals surface area contributed by atoms with E-state index in [1.165, 1.54) is 0 Å². The van der Waals surface area contributed by atoms with Crippen LogP contribution in [0.5, 0.6) is 5.75 Å². The van der Waals surface area contributed by atoms with Gasteiger partial charge in [0.15, 0.2) is 6.61 Å². The molecule has 0 aromatic heterocycles. The minimum absolute atomic E-state index is 0.0519. The van der Waals surface area contributed by atoms with E-state index in [1.54, 1.807) is 0 Å². The molecule has 0 aliphatic carbocycles. The molecule has 21 heavy (non-hydrogen) atoms. The van der Waals surface area contributed by atoms with Gasteiger partial charge in [-0.2, -0.15) is 0 Å². The normalized spacial score (nSPS) is 11.3. The van der Waals surface area contributed by atoms with Crippen LogP contribution in [0.1, 0.15) is 38.8 Å². The summed E-state index contributed by atoms with van der Waals surface area (Å²) in [7, 11) is 0. The number of nitrogens with one attached hydrogen (secondary N) is 1. The van der Waals surface area contributed by atoms with Crippen LogP contribution < -0.4 is 10.1 Å². The van der Waals surface area contributed by atoms with Crippen molar-refractivity contribution in [3.8, 4) is 5.75 Å². The molecule has 0 bridgehead atoms. The molecule has 0 spiro atoms. The highest BCUT2D eigenvalue weighted by molar-refractivity contribution is 5.77. The van der Waals surface area contributed by atoms with E-state index in [4.69, 9.17) is 4.74 Å². The third kappa shape index (κ3) is 5.41. The van der Waals surface area contributed by atoms with Crippen molar-refractivity contribution in [2.24, 2.45) is 17.8 Å². The first kappa shape index (κ1) is 17.5. The molecule has 0 unspecified atom stereocenters. The highest BCUT2D eigenvalue weighted by atomic mass is 16.5. The number of hydrogen-bond acceptors (Lipinski definition) is 2. The Hall–Kier alpha value is -1.51. The topological polar surface area (TPSA) is 38.3 Å². The van der Waals surface area contributed by atoms with Crippen LogP contribution in [-0.4, -0.2) is 19.1 Å². The zero-order valence-electron chi connectivity index (χ0n) is 14.2. The summed E-state index contributed by atoms with van der Waals surface area (Å²) >= 11 is 0. The quantitative estimate of drug-likeness (QED) is 0.831. The number of hydrogen-bond donors (Lipinski definition) is 1. The van der Waals surface area contributed by atoms with Crippen molar-refractivity contribution >= 4 is 5.91 Å². The van der Waals surface area contributed by atoms with Crippen molar-refractivity contribution in [2.45, 2.75) is 41.5 Å². The fourth-order valence-corrected chi connectivity index (χ4v) is 2.69. The molecule has 3 heteroatoms. The van der Waals surface area contributed by atoms with Crippen molar-refractivity contribution in [1.82, 2.24) is 5.32 Å². The predicted molar refractivity (Wildman–Crippen MR) is 87.6 cm³/mol. The zero-order valence-corrected chi connectivity index (χ0v) is 14.2. The minimum Gasteiger partial charge on any atom is -0.483 e. The van der Waals surface area contributed by atoms with Gasteiger partial charge in [0.25, 0.3) is 5.91 Å². The molecule has 1 N–H and O–H groups in total. The summed E-state index contributed by atoms with van der Waals surface area (Å²) in [5, 5.41) is 2.99. The standard InChI is InChI=1S/C18H29NO2/c1-12(2)16(13(3)4)10-19-17(20)11-21-18-14(5)8-7-9-15(18)6/h7-9,12-13,16H,10-11H2,1-6H3,(H,19,20). The van der Waals surface area contributed by atoms with Crippen LogP contribution in [-0.2, 0) is 4.79 Å². The maximum atomic E-state index is 12.0. The molecule has 1 rings (SSSR count). The van der Waals surface area contributed by atoms with E-state index in [0.717, 1.165) is 16.9 Å². The van der Waals surface area contributed by atoms with Crippen LogP contribution >= 0.6 is 0 Å².